The average molecular weight is 323 g/mol. The topological polar surface area (TPSA) is 59.8 Å². The van der Waals surface area contributed by atoms with E-state index in [9.17, 15) is 9.18 Å². The van der Waals surface area contributed by atoms with Crippen LogP contribution in [0.4, 0.5) is 4.39 Å². The first-order chi connectivity index (χ1) is 10.6. The molecule has 1 aliphatic rings. The maximum atomic E-state index is 13.8. The molecular weight excluding hydrogens is 307 g/mol. The Morgan fingerprint density at radius 3 is 2.91 bits per heavy atom. The van der Waals surface area contributed by atoms with Crippen LogP contribution in [-0.2, 0) is 18.3 Å². The third kappa shape index (κ3) is 3.11. The van der Waals surface area contributed by atoms with Crippen molar-refractivity contribution >= 4 is 17.5 Å². The summed E-state index contributed by atoms with van der Waals surface area (Å²) in [6.07, 6.45) is 3.45. The van der Waals surface area contributed by atoms with E-state index in [0.29, 0.717) is 5.92 Å². The summed E-state index contributed by atoms with van der Waals surface area (Å²) in [5, 5.41) is 7.24. The Bertz CT molecular complexity index is 678. The van der Waals surface area contributed by atoms with Gasteiger partial charge in [-0.1, -0.05) is 17.7 Å². The predicted octanol–water partition coefficient (Wildman–Crippen LogP) is 2.42. The van der Waals surface area contributed by atoms with Gasteiger partial charge < -0.3 is 5.32 Å². The van der Waals surface area contributed by atoms with Crippen molar-refractivity contribution < 1.29 is 9.18 Å². The highest BCUT2D eigenvalue weighted by Gasteiger charge is 2.36. The third-order valence-corrected chi connectivity index (χ3v) is 4.19. The Hall–Kier alpha value is -1.95. The van der Waals surface area contributed by atoms with Gasteiger partial charge in [0, 0.05) is 17.6 Å². The lowest BCUT2D eigenvalue weighted by molar-refractivity contribution is -0.121. The molecule has 0 saturated heterocycles. The van der Waals surface area contributed by atoms with Gasteiger partial charge >= 0.3 is 0 Å². The number of carbonyl (C=O) groups excluding carboxylic acids is 1. The van der Waals surface area contributed by atoms with Crippen LogP contribution in [0.2, 0.25) is 5.02 Å². The summed E-state index contributed by atoms with van der Waals surface area (Å²) in [4.78, 5) is 16.5. The Labute approximate surface area is 132 Å². The van der Waals surface area contributed by atoms with Crippen LogP contribution in [0.1, 0.15) is 30.3 Å². The van der Waals surface area contributed by atoms with E-state index in [1.807, 2.05) is 0 Å². The number of hydrogen-bond acceptors (Lipinski definition) is 3. The van der Waals surface area contributed by atoms with Crippen molar-refractivity contribution in [3.8, 4) is 0 Å². The average Bonchev–Trinajstić information content (AvgIpc) is 3.23. The molecular formula is C15H16ClFN4O. The molecule has 1 fully saturated rings. The van der Waals surface area contributed by atoms with Crippen LogP contribution in [0.5, 0.6) is 0 Å². The number of benzene rings is 1. The van der Waals surface area contributed by atoms with Crippen molar-refractivity contribution in [3.05, 3.63) is 46.8 Å². The summed E-state index contributed by atoms with van der Waals surface area (Å²) >= 11 is 5.96. The van der Waals surface area contributed by atoms with Gasteiger partial charge in [-0.2, -0.15) is 5.10 Å². The van der Waals surface area contributed by atoms with Crippen LogP contribution in [-0.4, -0.2) is 20.7 Å². The van der Waals surface area contributed by atoms with E-state index >= 15 is 0 Å². The maximum absolute atomic E-state index is 13.8. The van der Waals surface area contributed by atoms with Gasteiger partial charge in [0.25, 0.3) is 0 Å². The lowest BCUT2D eigenvalue weighted by Gasteiger charge is -2.17. The number of halogens is 2. The van der Waals surface area contributed by atoms with E-state index in [-0.39, 0.29) is 29.0 Å². The molecule has 0 bridgehead atoms. The minimum Gasteiger partial charge on any atom is -0.346 e. The zero-order chi connectivity index (χ0) is 15.7. The van der Waals surface area contributed by atoms with E-state index in [0.717, 1.165) is 18.7 Å². The van der Waals surface area contributed by atoms with E-state index in [1.54, 1.807) is 17.8 Å². The molecule has 1 aromatic heterocycles. The van der Waals surface area contributed by atoms with Crippen molar-refractivity contribution in [1.82, 2.24) is 20.1 Å². The number of aromatic nitrogens is 3. The molecule has 1 aliphatic carbocycles. The van der Waals surface area contributed by atoms with Crippen molar-refractivity contribution in [2.75, 3.05) is 0 Å². The second-order valence-corrected chi connectivity index (χ2v) is 5.91. The molecule has 0 spiro atoms. The minimum atomic E-state index is -0.468. The monoisotopic (exact) mass is 322 g/mol. The molecule has 1 heterocycles. The van der Waals surface area contributed by atoms with E-state index in [1.165, 1.54) is 18.5 Å². The van der Waals surface area contributed by atoms with E-state index in [2.05, 4.69) is 15.4 Å². The first-order valence-corrected chi connectivity index (χ1v) is 7.50. The maximum Gasteiger partial charge on any atom is 0.225 e. The molecule has 116 valence electrons. The van der Waals surface area contributed by atoms with Gasteiger partial charge in [-0.05, 0) is 30.9 Å². The van der Waals surface area contributed by atoms with Crippen molar-refractivity contribution in [3.63, 3.8) is 0 Å². The summed E-state index contributed by atoms with van der Waals surface area (Å²) < 4.78 is 15.4. The van der Waals surface area contributed by atoms with Gasteiger partial charge in [-0.3, -0.25) is 9.48 Å². The van der Waals surface area contributed by atoms with Crippen LogP contribution < -0.4 is 5.32 Å². The second kappa shape index (κ2) is 6.04. The van der Waals surface area contributed by atoms with Gasteiger partial charge in [0.15, 0.2) is 0 Å². The summed E-state index contributed by atoms with van der Waals surface area (Å²) in [7, 11) is 1.79. The number of rotatable bonds is 5. The molecule has 1 N–H and O–H groups in total. The fraction of sp³-hybridized carbons (Fsp3) is 0.400. The first-order valence-electron chi connectivity index (χ1n) is 7.12. The van der Waals surface area contributed by atoms with Crippen LogP contribution in [0, 0.1) is 11.7 Å². The van der Waals surface area contributed by atoms with Crippen LogP contribution in [0.3, 0.4) is 0 Å². The Morgan fingerprint density at radius 2 is 2.32 bits per heavy atom. The summed E-state index contributed by atoms with van der Waals surface area (Å²) in [6.45, 7) is 0. The molecule has 5 nitrogen and oxygen atoms in total. The zero-order valence-corrected chi connectivity index (χ0v) is 12.8. The van der Waals surface area contributed by atoms with Gasteiger partial charge in [0.2, 0.25) is 5.91 Å². The van der Waals surface area contributed by atoms with Crippen LogP contribution in [0.15, 0.2) is 24.5 Å². The van der Waals surface area contributed by atoms with Crippen molar-refractivity contribution in [2.24, 2.45) is 13.0 Å². The predicted molar refractivity (Wildman–Crippen MR) is 79.7 cm³/mol. The number of nitrogens with one attached hydrogen (secondary N) is 1. The molecule has 2 aromatic rings. The van der Waals surface area contributed by atoms with Gasteiger partial charge in [-0.25, -0.2) is 9.37 Å². The third-order valence-electron chi connectivity index (χ3n) is 3.83. The molecule has 0 unspecified atom stereocenters. The fourth-order valence-corrected chi connectivity index (χ4v) is 2.73. The molecule has 3 rings (SSSR count). The summed E-state index contributed by atoms with van der Waals surface area (Å²) in [5.74, 6) is 0.342. The lowest BCUT2D eigenvalue weighted by Crippen LogP contribution is -2.33. The molecule has 1 atom stereocenters. The summed E-state index contributed by atoms with van der Waals surface area (Å²) in [5.41, 5.74) is 0.217. The largest absolute Gasteiger partial charge is 0.346 e. The number of amides is 1. The quantitative estimate of drug-likeness (QED) is 0.919. The van der Waals surface area contributed by atoms with E-state index < -0.39 is 5.82 Å². The Morgan fingerprint density at radius 1 is 1.55 bits per heavy atom. The van der Waals surface area contributed by atoms with Gasteiger partial charge in [0.05, 0.1) is 12.5 Å². The standard InChI is InChI=1S/C15H16ClFN4O/c1-21-15(18-8-19-21)14(9-5-6-9)20-13(22)7-10-11(16)3-2-4-12(10)17/h2-4,8-9,14H,5-7H2,1H3,(H,20,22)/t14-/m1/s1. The highest BCUT2D eigenvalue weighted by atomic mass is 35.5. The Kier molecular flexibility index (Phi) is 4.11. The van der Waals surface area contributed by atoms with Crippen molar-refractivity contribution in [2.45, 2.75) is 25.3 Å². The number of aryl methyl sites for hydroxylation is 1. The normalized spacial score (nSPS) is 15.6. The van der Waals surface area contributed by atoms with Gasteiger partial charge in [-0.15, -0.1) is 0 Å². The molecule has 0 aliphatic heterocycles. The minimum absolute atomic E-state index is 0.0907. The second-order valence-electron chi connectivity index (χ2n) is 5.50. The number of carbonyl (C=O) groups is 1. The highest BCUT2D eigenvalue weighted by molar-refractivity contribution is 6.31. The summed E-state index contributed by atoms with van der Waals surface area (Å²) in [6, 6.07) is 4.21. The first kappa shape index (κ1) is 15.0. The van der Waals surface area contributed by atoms with E-state index in [4.69, 9.17) is 11.6 Å². The number of nitrogens with zero attached hydrogens (tertiary/aromatic N) is 3. The molecule has 1 aromatic carbocycles. The van der Waals surface area contributed by atoms with Crippen molar-refractivity contribution in [1.29, 1.82) is 0 Å². The van der Waals surface area contributed by atoms with Crippen LogP contribution >= 0.6 is 11.6 Å². The number of hydrogen-bond donors (Lipinski definition) is 1. The fourth-order valence-electron chi connectivity index (χ4n) is 2.50. The van der Waals surface area contributed by atoms with Crippen LogP contribution in [0.25, 0.3) is 0 Å². The molecule has 1 amide bonds. The SMILES string of the molecule is Cn1ncnc1[C@H](NC(=O)Cc1c(F)cccc1Cl)C1CC1. The molecule has 7 heteroatoms. The molecule has 1 saturated carbocycles. The lowest BCUT2D eigenvalue weighted by atomic mass is 10.1. The zero-order valence-electron chi connectivity index (χ0n) is 12.1. The highest BCUT2D eigenvalue weighted by Crippen LogP contribution is 2.40. The Balaban J connectivity index is 1.74. The molecule has 0 radical (unpaired) electrons. The van der Waals surface area contributed by atoms with Gasteiger partial charge in [0.1, 0.15) is 18.0 Å². The smallest absolute Gasteiger partial charge is 0.225 e. The molecule has 22 heavy (non-hydrogen) atoms.